The number of rotatable bonds is 4. The molecule has 1 heterocycles. The summed E-state index contributed by atoms with van der Waals surface area (Å²) in [6, 6.07) is 0. The molecule has 0 fully saturated rings. The van der Waals surface area contributed by atoms with Crippen LogP contribution >= 0.6 is 11.3 Å². The van der Waals surface area contributed by atoms with E-state index in [2.05, 4.69) is 10.2 Å². The van der Waals surface area contributed by atoms with Crippen molar-refractivity contribution in [1.82, 2.24) is 10.2 Å². The molecule has 1 unspecified atom stereocenters. The third kappa shape index (κ3) is 2.27. The zero-order valence-electron chi connectivity index (χ0n) is 6.98. The molecule has 0 aliphatic rings. The van der Waals surface area contributed by atoms with E-state index in [0.29, 0.717) is 5.19 Å². The van der Waals surface area contributed by atoms with Crippen molar-refractivity contribution in [3.05, 3.63) is 5.01 Å². The SMILES string of the molecule is CCc1nnc(OC(C)C=O)s1. The molecule has 0 bridgehead atoms. The van der Waals surface area contributed by atoms with Gasteiger partial charge in [-0.2, -0.15) is 0 Å². The Balaban J connectivity index is 2.57. The van der Waals surface area contributed by atoms with Crippen LogP contribution < -0.4 is 4.74 Å². The molecule has 1 atom stereocenters. The Kier molecular flexibility index (Phi) is 3.16. The second kappa shape index (κ2) is 4.15. The minimum Gasteiger partial charge on any atom is -0.458 e. The van der Waals surface area contributed by atoms with Crippen molar-refractivity contribution < 1.29 is 9.53 Å². The van der Waals surface area contributed by atoms with Crippen molar-refractivity contribution >= 4 is 17.6 Å². The number of aldehydes is 1. The molecule has 0 aliphatic carbocycles. The summed E-state index contributed by atoms with van der Waals surface area (Å²) in [5.74, 6) is 0. The van der Waals surface area contributed by atoms with Crippen LogP contribution in [-0.4, -0.2) is 22.6 Å². The van der Waals surface area contributed by atoms with Crippen LogP contribution in [0.2, 0.25) is 0 Å². The van der Waals surface area contributed by atoms with E-state index in [1.54, 1.807) is 6.92 Å². The van der Waals surface area contributed by atoms with Crippen molar-refractivity contribution in [3.8, 4) is 5.19 Å². The van der Waals surface area contributed by atoms with E-state index in [-0.39, 0.29) is 0 Å². The summed E-state index contributed by atoms with van der Waals surface area (Å²) in [6.07, 6.45) is 1.13. The lowest BCUT2D eigenvalue weighted by molar-refractivity contribution is -0.113. The van der Waals surface area contributed by atoms with Crippen LogP contribution in [0, 0.1) is 0 Å². The van der Waals surface area contributed by atoms with Crippen LogP contribution in [0.4, 0.5) is 0 Å². The summed E-state index contributed by atoms with van der Waals surface area (Å²) in [5, 5.41) is 9.00. The molecule has 0 N–H and O–H groups in total. The van der Waals surface area contributed by atoms with Crippen molar-refractivity contribution in [2.24, 2.45) is 0 Å². The van der Waals surface area contributed by atoms with E-state index in [9.17, 15) is 4.79 Å². The van der Waals surface area contributed by atoms with Gasteiger partial charge in [0.2, 0.25) is 0 Å². The fourth-order valence-electron chi connectivity index (χ4n) is 0.616. The highest BCUT2D eigenvalue weighted by atomic mass is 32.1. The van der Waals surface area contributed by atoms with Crippen molar-refractivity contribution in [1.29, 1.82) is 0 Å². The van der Waals surface area contributed by atoms with Gasteiger partial charge >= 0.3 is 0 Å². The zero-order chi connectivity index (χ0) is 8.97. The highest BCUT2D eigenvalue weighted by molar-refractivity contribution is 7.13. The molecule has 12 heavy (non-hydrogen) atoms. The molecule has 5 heteroatoms. The monoisotopic (exact) mass is 186 g/mol. The Hall–Kier alpha value is -0.970. The zero-order valence-corrected chi connectivity index (χ0v) is 7.80. The Labute approximate surface area is 74.6 Å². The van der Waals surface area contributed by atoms with Gasteiger partial charge < -0.3 is 4.74 Å². The second-order valence-corrected chi connectivity index (χ2v) is 3.30. The summed E-state index contributed by atoms with van der Waals surface area (Å²) >= 11 is 1.37. The lowest BCUT2D eigenvalue weighted by Gasteiger charge is -2.01. The minimum absolute atomic E-state index is 0.442. The summed E-state index contributed by atoms with van der Waals surface area (Å²) in [6.45, 7) is 3.66. The van der Waals surface area contributed by atoms with E-state index in [1.807, 2.05) is 6.92 Å². The number of hydrogen-bond donors (Lipinski definition) is 0. The first-order valence-electron chi connectivity index (χ1n) is 3.70. The van der Waals surface area contributed by atoms with Gasteiger partial charge in [0.05, 0.1) is 0 Å². The lowest BCUT2D eigenvalue weighted by Crippen LogP contribution is -2.12. The summed E-state index contributed by atoms with van der Waals surface area (Å²) < 4.78 is 5.12. The van der Waals surface area contributed by atoms with Gasteiger partial charge in [0.25, 0.3) is 5.19 Å². The predicted molar refractivity (Wildman–Crippen MR) is 45.4 cm³/mol. The van der Waals surface area contributed by atoms with Crippen LogP contribution in [0.25, 0.3) is 0 Å². The van der Waals surface area contributed by atoms with Crippen molar-refractivity contribution in [3.63, 3.8) is 0 Å². The Morgan fingerprint density at radius 1 is 1.67 bits per heavy atom. The largest absolute Gasteiger partial charge is 0.458 e. The van der Waals surface area contributed by atoms with Crippen LogP contribution in [0.5, 0.6) is 5.19 Å². The molecule has 1 aromatic heterocycles. The van der Waals surface area contributed by atoms with Crippen molar-refractivity contribution in [2.45, 2.75) is 26.4 Å². The Morgan fingerprint density at radius 3 is 2.92 bits per heavy atom. The van der Waals surface area contributed by atoms with Gasteiger partial charge in [0.15, 0.2) is 12.4 Å². The maximum Gasteiger partial charge on any atom is 0.294 e. The normalized spacial score (nSPS) is 12.5. The molecule has 0 spiro atoms. The number of aromatic nitrogens is 2. The molecule has 4 nitrogen and oxygen atoms in total. The molecule has 0 amide bonds. The molecule has 0 aromatic carbocycles. The first-order valence-corrected chi connectivity index (χ1v) is 4.52. The highest BCUT2D eigenvalue weighted by Gasteiger charge is 2.06. The average molecular weight is 186 g/mol. The molecule has 1 aromatic rings. The van der Waals surface area contributed by atoms with E-state index in [4.69, 9.17) is 4.74 Å². The quantitative estimate of drug-likeness (QED) is 0.660. The van der Waals surface area contributed by atoms with Gasteiger partial charge in [0, 0.05) is 0 Å². The number of hydrogen-bond acceptors (Lipinski definition) is 5. The fraction of sp³-hybridized carbons (Fsp3) is 0.571. The van der Waals surface area contributed by atoms with E-state index < -0.39 is 6.10 Å². The molecule has 0 radical (unpaired) electrons. The topological polar surface area (TPSA) is 52.1 Å². The smallest absolute Gasteiger partial charge is 0.294 e. The second-order valence-electron chi connectivity index (χ2n) is 2.27. The first kappa shape index (κ1) is 9.12. The summed E-state index contributed by atoms with van der Waals surface area (Å²) in [4.78, 5) is 10.2. The molecule has 66 valence electrons. The van der Waals surface area contributed by atoms with E-state index in [0.717, 1.165) is 17.7 Å². The maximum absolute atomic E-state index is 10.2. The molecule has 1 rings (SSSR count). The standard InChI is InChI=1S/C7H10N2O2S/c1-3-6-8-9-7(12-6)11-5(2)4-10/h4-5H,3H2,1-2H3. The van der Waals surface area contributed by atoms with E-state index >= 15 is 0 Å². The molecule has 0 saturated carbocycles. The Bertz CT molecular complexity index is 262. The van der Waals surface area contributed by atoms with Crippen LogP contribution in [0.3, 0.4) is 0 Å². The number of ether oxygens (including phenoxy) is 1. The van der Waals surface area contributed by atoms with Crippen molar-refractivity contribution in [2.75, 3.05) is 0 Å². The number of nitrogens with zero attached hydrogens (tertiary/aromatic N) is 2. The minimum atomic E-state index is -0.442. The predicted octanol–water partition coefficient (Wildman–Crippen LogP) is 1.07. The van der Waals surface area contributed by atoms with Crippen LogP contribution in [0.1, 0.15) is 18.9 Å². The van der Waals surface area contributed by atoms with Crippen LogP contribution in [-0.2, 0) is 11.2 Å². The van der Waals surface area contributed by atoms with Gasteiger partial charge in [-0.3, -0.25) is 4.79 Å². The Morgan fingerprint density at radius 2 is 2.42 bits per heavy atom. The molecular weight excluding hydrogens is 176 g/mol. The van der Waals surface area contributed by atoms with E-state index in [1.165, 1.54) is 11.3 Å². The number of aryl methyl sites for hydroxylation is 1. The highest BCUT2D eigenvalue weighted by Crippen LogP contribution is 2.18. The summed E-state index contributed by atoms with van der Waals surface area (Å²) in [7, 11) is 0. The molecule has 0 aliphatic heterocycles. The molecule has 0 saturated heterocycles. The molecular formula is C7H10N2O2S. The summed E-state index contributed by atoms with van der Waals surface area (Å²) in [5.41, 5.74) is 0. The van der Waals surface area contributed by atoms with Gasteiger partial charge in [0.1, 0.15) is 5.01 Å². The van der Waals surface area contributed by atoms with Gasteiger partial charge in [-0.1, -0.05) is 18.3 Å². The average Bonchev–Trinajstić information content (AvgIpc) is 2.52. The van der Waals surface area contributed by atoms with Gasteiger partial charge in [-0.05, 0) is 13.3 Å². The number of carbonyl (C=O) groups is 1. The van der Waals surface area contributed by atoms with Gasteiger partial charge in [-0.15, -0.1) is 10.2 Å². The maximum atomic E-state index is 10.2. The third-order valence-electron chi connectivity index (χ3n) is 1.23. The van der Waals surface area contributed by atoms with Gasteiger partial charge in [-0.25, -0.2) is 0 Å². The number of carbonyl (C=O) groups excluding carboxylic acids is 1. The third-order valence-corrected chi connectivity index (χ3v) is 2.19. The fourth-order valence-corrected chi connectivity index (χ4v) is 1.32. The van der Waals surface area contributed by atoms with Crippen LogP contribution in [0.15, 0.2) is 0 Å². The lowest BCUT2D eigenvalue weighted by atomic mass is 10.5. The first-order chi connectivity index (χ1) is 5.76.